The molecule has 6 rings (SSSR count). The Balaban J connectivity index is 1.15. The van der Waals surface area contributed by atoms with E-state index in [0.717, 1.165) is 81.9 Å². The lowest BCUT2D eigenvalue weighted by Gasteiger charge is -2.41. The van der Waals surface area contributed by atoms with Crippen molar-refractivity contribution in [3.8, 4) is 6.07 Å². The Hall–Kier alpha value is -3.18. The minimum atomic E-state index is 0.137. The molecule has 186 valence electrons. The Bertz CT molecular complexity index is 1280. The van der Waals surface area contributed by atoms with Crippen molar-refractivity contribution in [2.24, 2.45) is 0 Å². The summed E-state index contributed by atoms with van der Waals surface area (Å²) in [7, 11) is 0. The summed E-state index contributed by atoms with van der Waals surface area (Å²) in [5.41, 5.74) is 6.86. The second-order valence-electron chi connectivity index (χ2n) is 10.3. The Morgan fingerprint density at radius 1 is 1.06 bits per heavy atom. The van der Waals surface area contributed by atoms with Gasteiger partial charge in [-0.05, 0) is 60.9 Å². The molecule has 1 aromatic heterocycles. The highest BCUT2D eigenvalue weighted by Gasteiger charge is 2.29. The second-order valence-corrected chi connectivity index (χ2v) is 10.3. The van der Waals surface area contributed by atoms with Gasteiger partial charge in [0.2, 0.25) is 0 Å². The van der Waals surface area contributed by atoms with Crippen LogP contribution < -0.4 is 15.1 Å². The standard InChI is InChI=1S/C29H34N6O/c1-21-17-35(28-7-5-23(16-30)29-27(28)3-2-9-32-29)20-26(36-21)19-33-12-8-22-15-25(6-4-24(22)18-33)34-13-10-31-11-14-34/h2-7,9,15,21,26,31H,8,10-14,17-20H2,1H3/t21-,26+/m1/s1. The van der Waals surface area contributed by atoms with Crippen LogP contribution in [0.1, 0.15) is 23.6 Å². The average molecular weight is 483 g/mol. The third-order valence-corrected chi connectivity index (χ3v) is 7.76. The zero-order chi connectivity index (χ0) is 24.5. The highest BCUT2D eigenvalue weighted by atomic mass is 16.5. The molecule has 7 heteroatoms. The van der Waals surface area contributed by atoms with Gasteiger partial charge in [0.25, 0.3) is 0 Å². The summed E-state index contributed by atoms with van der Waals surface area (Å²) < 4.78 is 6.42. The molecule has 0 spiro atoms. The van der Waals surface area contributed by atoms with Gasteiger partial charge < -0.3 is 19.9 Å². The van der Waals surface area contributed by atoms with Crippen LogP contribution in [0.4, 0.5) is 11.4 Å². The molecule has 0 unspecified atom stereocenters. The maximum absolute atomic E-state index is 9.52. The van der Waals surface area contributed by atoms with E-state index in [0.29, 0.717) is 5.56 Å². The monoisotopic (exact) mass is 482 g/mol. The van der Waals surface area contributed by atoms with E-state index in [4.69, 9.17) is 4.74 Å². The molecule has 7 nitrogen and oxygen atoms in total. The van der Waals surface area contributed by atoms with Crippen molar-refractivity contribution in [1.29, 1.82) is 5.26 Å². The zero-order valence-electron chi connectivity index (χ0n) is 21.0. The van der Waals surface area contributed by atoms with E-state index in [2.05, 4.69) is 68.3 Å². The largest absolute Gasteiger partial charge is 0.370 e. The number of benzene rings is 2. The Morgan fingerprint density at radius 3 is 2.81 bits per heavy atom. The summed E-state index contributed by atoms with van der Waals surface area (Å²) in [4.78, 5) is 12.0. The molecule has 0 amide bonds. The van der Waals surface area contributed by atoms with E-state index in [-0.39, 0.29) is 12.2 Å². The number of fused-ring (bicyclic) bond motifs is 2. The first kappa shape index (κ1) is 23.2. The molecule has 2 atom stereocenters. The number of anilines is 2. The second kappa shape index (κ2) is 10.1. The van der Waals surface area contributed by atoms with Crippen molar-refractivity contribution in [1.82, 2.24) is 15.2 Å². The van der Waals surface area contributed by atoms with E-state index in [1.807, 2.05) is 12.1 Å². The summed E-state index contributed by atoms with van der Waals surface area (Å²) in [5, 5.41) is 14.0. The number of aromatic nitrogens is 1. The number of rotatable bonds is 4. The van der Waals surface area contributed by atoms with Gasteiger partial charge in [-0.15, -0.1) is 0 Å². The van der Waals surface area contributed by atoms with Crippen LogP contribution in [0.2, 0.25) is 0 Å². The first-order chi connectivity index (χ1) is 17.7. The molecule has 1 N–H and O–H groups in total. The number of hydrogen-bond donors (Lipinski definition) is 1. The van der Waals surface area contributed by atoms with Gasteiger partial charge in [0, 0.05) is 81.9 Å². The Morgan fingerprint density at radius 2 is 1.94 bits per heavy atom. The fourth-order valence-electron chi connectivity index (χ4n) is 6.03. The predicted molar refractivity (Wildman–Crippen MR) is 144 cm³/mol. The van der Waals surface area contributed by atoms with Crippen LogP contribution in [0, 0.1) is 11.3 Å². The van der Waals surface area contributed by atoms with Gasteiger partial charge in [-0.3, -0.25) is 9.88 Å². The maximum atomic E-state index is 9.52. The van der Waals surface area contributed by atoms with Crippen molar-refractivity contribution in [2.75, 3.05) is 62.2 Å². The number of nitrogens with zero attached hydrogens (tertiary/aromatic N) is 5. The number of nitriles is 1. The summed E-state index contributed by atoms with van der Waals surface area (Å²) in [5.74, 6) is 0. The molecule has 4 heterocycles. The van der Waals surface area contributed by atoms with Gasteiger partial charge in [-0.1, -0.05) is 6.07 Å². The number of ether oxygens (including phenoxy) is 1. The molecule has 3 aromatic rings. The first-order valence-electron chi connectivity index (χ1n) is 13.2. The maximum Gasteiger partial charge on any atom is 0.101 e. The first-order valence-corrected chi connectivity index (χ1v) is 13.2. The van der Waals surface area contributed by atoms with Crippen LogP contribution in [0.25, 0.3) is 10.9 Å². The molecular formula is C29H34N6O. The quantitative estimate of drug-likeness (QED) is 0.613. The minimum absolute atomic E-state index is 0.137. The van der Waals surface area contributed by atoms with Crippen molar-refractivity contribution < 1.29 is 4.74 Å². The Kier molecular flexibility index (Phi) is 6.49. The minimum Gasteiger partial charge on any atom is -0.370 e. The lowest BCUT2D eigenvalue weighted by molar-refractivity contribution is -0.0339. The fourth-order valence-corrected chi connectivity index (χ4v) is 6.03. The van der Waals surface area contributed by atoms with E-state index < -0.39 is 0 Å². The molecule has 0 bridgehead atoms. The van der Waals surface area contributed by atoms with Crippen LogP contribution in [0.5, 0.6) is 0 Å². The van der Waals surface area contributed by atoms with Crippen LogP contribution >= 0.6 is 0 Å². The lowest BCUT2D eigenvalue weighted by Crippen LogP contribution is -2.51. The van der Waals surface area contributed by atoms with Crippen molar-refractivity contribution in [3.63, 3.8) is 0 Å². The van der Waals surface area contributed by atoms with Gasteiger partial charge in [0.1, 0.15) is 6.07 Å². The summed E-state index contributed by atoms with van der Waals surface area (Å²) in [6.07, 6.45) is 3.13. The van der Waals surface area contributed by atoms with E-state index >= 15 is 0 Å². The van der Waals surface area contributed by atoms with Crippen molar-refractivity contribution in [2.45, 2.75) is 32.1 Å². The number of hydrogen-bond acceptors (Lipinski definition) is 7. The third kappa shape index (κ3) is 4.64. The number of pyridine rings is 1. The number of nitrogens with one attached hydrogen (secondary N) is 1. The highest BCUT2D eigenvalue weighted by Crippen LogP contribution is 2.31. The molecule has 0 aliphatic carbocycles. The van der Waals surface area contributed by atoms with Crippen molar-refractivity contribution in [3.05, 3.63) is 65.4 Å². The topological polar surface area (TPSA) is 67.7 Å². The van der Waals surface area contributed by atoms with Crippen LogP contribution in [-0.4, -0.2) is 74.4 Å². The molecule has 3 aliphatic heterocycles. The zero-order valence-corrected chi connectivity index (χ0v) is 21.0. The third-order valence-electron chi connectivity index (χ3n) is 7.76. The van der Waals surface area contributed by atoms with Crippen molar-refractivity contribution >= 4 is 22.3 Å². The van der Waals surface area contributed by atoms with Gasteiger partial charge in [0.05, 0.1) is 23.3 Å². The van der Waals surface area contributed by atoms with E-state index in [9.17, 15) is 5.26 Å². The van der Waals surface area contributed by atoms with Crippen LogP contribution in [0.15, 0.2) is 48.7 Å². The molecule has 2 fully saturated rings. The van der Waals surface area contributed by atoms with Crippen LogP contribution in [-0.2, 0) is 17.7 Å². The molecule has 3 aliphatic rings. The smallest absolute Gasteiger partial charge is 0.101 e. The fraction of sp³-hybridized carbons (Fsp3) is 0.448. The summed E-state index contributed by atoms with van der Waals surface area (Å²) in [6.45, 7) is 11.1. The molecule has 0 radical (unpaired) electrons. The van der Waals surface area contributed by atoms with Gasteiger partial charge in [-0.2, -0.15) is 5.26 Å². The predicted octanol–water partition coefficient (Wildman–Crippen LogP) is 3.17. The normalized spacial score (nSPS) is 22.9. The molecule has 36 heavy (non-hydrogen) atoms. The number of morpholine rings is 1. The van der Waals surface area contributed by atoms with Gasteiger partial charge in [0.15, 0.2) is 0 Å². The average Bonchev–Trinajstić information content (AvgIpc) is 2.92. The highest BCUT2D eigenvalue weighted by molar-refractivity contribution is 5.95. The van der Waals surface area contributed by atoms with E-state index in [1.54, 1.807) is 6.20 Å². The molecule has 0 saturated carbocycles. The number of piperazine rings is 1. The summed E-state index contributed by atoms with van der Waals surface area (Å²) >= 11 is 0. The SMILES string of the molecule is C[C@@H]1CN(c2ccc(C#N)c3ncccc23)C[C@H](CN2CCc3cc(N4CCNCC4)ccc3C2)O1. The lowest BCUT2D eigenvalue weighted by atomic mass is 9.98. The van der Waals surface area contributed by atoms with E-state index in [1.165, 1.54) is 16.8 Å². The molecule has 2 saturated heterocycles. The summed E-state index contributed by atoms with van der Waals surface area (Å²) in [6, 6.07) is 17.3. The molecule has 2 aromatic carbocycles. The van der Waals surface area contributed by atoms with Crippen LogP contribution in [0.3, 0.4) is 0 Å². The Labute approximate surface area is 213 Å². The van der Waals surface area contributed by atoms with Gasteiger partial charge >= 0.3 is 0 Å². The molecular weight excluding hydrogens is 448 g/mol. The van der Waals surface area contributed by atoms with Gasteiger partial charge in [-0.25, -0.2) is 0 Å².